The van der Waals surface area contributed by atoms with Crippen LogP contribution in [0.2, 0.25) is 0 Å². The van der Waals surface area contributed by atoms with Gasteiger partial charge in [0.15, 0.2) is 0 Å². The van der Waals surface area contributed by atoms with Gasteiger partial charge >= 0.3 is 0 Å². The molecule has 0 radical (unpaired) electrons. The molecule has 0 aliphatic heterocycles. The monoisotopic (exact) mass is 357 g/mol. The molecular weight excluding hydrogens is 338 g/mol. The molecule has 0 unspecified atom stereocenters. The van der Waals surface area contributed by atoms with Gasteiger partial charge in [0.25, 0.3) is 5.69 Å². The molecule has 0 bridgehead atoms. The van der Waals surface area contributed by atoms with Crippen LogP contribution in [0.25, 0.3) is 21.8 Å². The summed E-state index contributed by atoms with van der Waals surface area (Å²) in [6.07, 6.45) is 1.77. The minimum Gasteiger partial charge on any atom is -0.341 e. The summed E-state index contributed by atoms with van der Waals surface area (Å²) in [7, 11) is 0. The van der Waals surface area contributed by atoms with Gasteiger partial charge in [-0.25, -0.2) is 0 Å². The number of nitrogens with zero attached hydrogens (tertiary/aromatic N) is 3. The maximum Gasteiger partial charge on any atom is 0.274 e. The Hall–Kier alpha value is -3.47. The van der Waals surface area contributed by atoms with Gasteiger partial charge in [0.05, 0.1) is 16.2 Å². The largest absolute Gasteiger partial charge is 0.341 e. The Labute approximate surface area is 156 Å². The molecule has 0 aliphatic carbocycles. The molecule has 5 nitrogen and oxygen atoms in total. The van der Waals surface area contributed by atoms with Crippen LogP contribution in [-0.4, -0.2) is 15.7 Å². The lowest BCUT2D eigenvalue weighted by Gasteiger charge is -2.03. The van der Waals surface area contributed by atoms with Crippen LogP contribution in [0.15, 0.2) is 65.7 Å². The zero-order valence-electron chi connectivity index (χ0n) is 15.2. The van der Waals surface area contributed by atoms with E-state index >= 15 is 0 Å². The molecule has 0 spiro atoms. The molecule has 0 saturated carbocycles. The van der Waals surface area contributed by atoms with Gasteiger partial charge in [-0.3, -0.25) is 15.1 Å². The Morgan fingerprint density at radius 1 is 1.04 bits per heavy atom. The number of nitro groups is 1. The van der Waals surface area contributed by atoms with Gasteiger partial charge in [0, 0.05) is 40.6 Å². The van der Waals surface area contributed by atoms with E-state index in [9.17, 15) is 10.1 Å². The summed E-state index contributed by atoms with van der Waals surface area (Å²) >= 11 is 0. The third kappa shape index (κ3) is 2.87. The summed E-state index contributed by atoms with van der Waals surface area (Å²) in [6.45, 7) is 4.78. The standard InChI is InChI=1S/C22H19N3O2/c1-3-24-21-9-5-4-7-17(21)18-13-16(11-12-22(18)24)14-23-19-8-6-10-20(15(19)2)25(26)27/h4-14H,3H2,1-2H3. The normalized spacial score (nSPS) is 11.6. The number of aromatic nitrogens is 1. The third-order valence-corrected chi connectivity index (χ3v) is 4.94. The highest BCUT2D eigenvalue weighted by molar-refractivity contribution is 6.09. The van der Waals surface area contributed by atoms with Crippen molar-refractivity contribution in [1.29, 1.82) is 0 Å². The van der Waals surface area contributed by atoms with Crippen LogP contribution < -0.4 is 0 Å². The Morgan fingerprint density at radius 2 is 1.81 bits per heavy atom. The van der Waals surface area contributed by atoms with E-state index in [1.165, 1.54) is 27.9 Å². The van der Waals surface area contributed by atoms with Crippen molar-refractivity contribution in [3.63, 3.8) is 0 Å². The molecule has 134 valence electrons. The summed E-state index contributed by atoms with van der Waals surface area (Å²) in [5.74, 6) is 0. The van der Waals surface area contributed by atoms with Gasteiger partial charge < -0.3 is 4.57 Å². The zero-order chi connectivity index (χ0) is 19.0. The highest BCUT2D eigenvalue weighted by atomic mass is 16.6. The number of aryl methyl sites for hydroxylation is 1. The fourth-order valence-corrected chi connectivity index (χ4v) is 3.59. The Morgan fingerprint density at radius 3 is 2.59 bits per heavy atom. The van der Waals surface area contributed by atoms with Crippen molar-refractivity contribution < 1.29 is 4.92 Å². The molecule has 0 fully saturated rings. The summed E-state index contributed by atoms with van der Waals surface area (Å²) in [6, 6.07) is 19.6. The molecule has 1 aromatic heterocycles. The van der Waals surface area contributed by atoms with Crippen molar-refractivity contribution in [2.75, 3.05) is 0 Å². The molecular formula is C22H19N3O2. The smallest absolute Gasteiger partial charge is 0.274 e. The van der Waals surface area contributed by atoms with Crippen LogP contribution in [0.4, 0.5) is 11.4 Å². The molecule has 27 heavy (non-hydrogen) atoms. The second-order valence-electron chi connectivity index (χ2n) is 6.47. The zero-order valence-corrected chi connectivity index (χ0v) is 15.2. The summed E-state index contributed by atoms with van der Waals surface area (Å²) in [5.41, 5.74) is 4.65. The van der Waals surface area contributed by atoms with Crippen LogP contribution in [0, 0.1) is 17.0 Å². The quantitative estimate of drug-likeness (QED) is 0.264. The molecule has 5 heteroatoms. The average Bonchev–Trinajstić information content (AvgIpc) is 3.00. The molecule has 0 aliphatic rings. The number of rotatable bonds is 4. The minimum atomic E-state index is -0.375. The van der Waals surface area contributed by atoms with E-state index in [0.29, 0.717) is 11.3 Å². The first kappa shape index (κ1) is 17.0. The number of benzene rings is 3. The summed E-state index contributed by atoms with van der Waals surface area (Å²) in [5, 5.41) is 13.5. The fraction of sp³-hybridized carbons (Fsp3) is 0.136. The van der Waals surface area contributed by atoms with Gasteiger partial charge in [-0.2, -0.15) is 0 Å². The fourth-order valence-electron chi connectivity index (χ4n) is 3.59. The first-order chi connectivity index (χ1) is 13.1. The topological polar surface area (TPSA) is 60.4 Å². The minimum absolute atomic E-state index is 0.0890. The van der Waals surface area contributed by atoms with E-state index in [-0.39, 0.29) is 10.6 Å². The molecule has 0 amide bonds. The van der Waals surface area contributed by atoms with Gasteiger partial charge in [0.1, 0.15) is 0 Å². The van der Waals surface area contributed by atoms with Crippen LogP contribution in [0.3, 0.4) is 0 Å². The van der Waals surface area contributed by atoms with Gasteiger partial charge in [-0.1, -0.05) is 30.3 Å². The molecule has 0 saturated heterocycles. The molecule has 0 atom stereocenters. The molecule has 4 aromatic rings. The van der Waals surface area contributed by atoms with Gasteiger partial charge in [-0.15, -0.1) is 0 Å². The van der Waals surface area contributed by atoms with E-state index in [1.54, 1.807) is 25.3 Å². The van der Waals surface area contributed by atoms with Crippen LogP contribution in [0.5, 0.6) is 0 Å². The highest BCUT2D eigenvalue weighted by Crippen LogP contribution is 2.30. The lowest BCUT2D eigenvalue weighted by atomic mass is 10.1. The van der Waals surface area contributed by atoms with E-state index in [4.69, 9.17) is 0 Å². The van der Waals surface area contributed by atoms with Crippen molar-refractivity contribution in [3.05, 3.63) is 81.9 Å². The van der Waals surface area contributed by atoms with Crippen LogP contribution in [0.1, 0.15) is 18.1 Å². The highest BCUT2D eigenvalue weighted by Gasteiger charge is 2.12. The average molecular weight is 357 g/mol. The summed E-state index contributed by atoms with van der Waals surface area (Å²) in [4.78, 5) is 15.2. The van der Waals surface area contributed by atoms with Crippen molar-refractivity contribution in [1.82, 2.24) is 4.57 Å². The SMILES string of the molecule is CCn1c2ccccc2c2cc(C=Nc3cccc([N+](=O)[O-])c3C)ccc21. The number of hydrogen-bond donors (Lipinski definition) is 0. The predicted molar refractivity (Wildman–Crippen MR) is 110 cm³/mol. The number of hydrogen-bond acceptors (Lipinski definition) is 3. The maximum atomic E-state index is 11.1. The predicted octanol–water partition coefficient (Wildman–Crippen LogP) is 5.78. The Kier molecular flexibility index (Phi) is 4.20. The van der Waals surface area contributed by atoms with Crippen molar-refractivity contribution in [2.24, 2.45) is 4.99 Å². The number of nitro benzene ring substituents is 1. The van der Waals surface area contributed by atoms with E-state index in [0.717, 1.165) is 12.1 Å². The number of fused-ring (bicyclic) bond motifs is 3. The van der Waals surface area contributed by atoms with Gasteiger partial charge in [-0.05, 0) is 43.7 Å². The second-order valence-corrected chi connectivity index (χ2v) is 6.47. The lowest BCUT2D eigenvalue weighted by molar-refractivity contribution is -0.385. The summed E-state index contributed by atoms with van der Waals surface area (Å²) < 4.78 is 2.30. The van der Waals surface area contributed by atoms with E-state index in [1.807, 2.05) is 6.07 Å². The van der Waals surface area contributed by atoms with Crippen LogP contribution in [-0.2, 0) is 6.54 Å². The van der Waals surface area contributed by atoms with Crippen molar-refractivity contribution >= 4 is 39.4 Å². The molecule has 1 heterocycles. The molecule has 4 rings (SSSR count). The lowest BCUT2D eigenvalue weighted by Crippen LogP contribution is -1.93. The van der Waals surface area contributed by atoms with E-state index < -0.39 is 0 Å². The molecule has 3 aromatic carbocycles. The number of aliphatic imine (C=N–C) groups is 1. The number of para-hydroxylation sites is 1. The first-order valence-electron chi connectivity index (χ1n) is 8.89. The maximum absolute atomic E-state index is 11.1. The van der Waals surface area contributed by atoms with Gasteiger partial charge in [0.2, 0.25) is 0 Å². The van der Waals surface area contributed by atoms with Crippen molar-refractivity contribution in [3.8, 4) is 0 Å². The van der Waals surface area contributed by atoms with Crippen LogP contribution >= 0.6 is 0 Å². The van der Waals surface area contributed by atoms with Crippen molar-refractivity contribution in [2.45, 2.75) is 20.4 Å². The Balaban J connectivity index is 1.80. The molecule has 0 N–H and O–H groups in total. The second kappa shape index (κ2) is 6.68. The first-order valence-corrected chi connectivity index (χ1v) is 8.89. The third-order valence-electron chi connectivity index (χ3n) is 4.94. The Bertz CT molecular complexity index is 1210. The van der Waals surface area contributed by atoms with E-state index in [2.05, 4.69) is 52.9 Å².